The van der Waals surface area contributed by atoms with E-state index in [1.165, 1.54) is 6.07 Å². The van der Waals surface area contributed by atoms with E-state index in [2.05, 4.69) is 5.32 Å². The van der Waals surface area contributed by atoms with Crippen LogP contribution in [-0.4, -0.2) is 43.0 Å². The van der Waals surface area contributed by atoms with Gasteiger partial charge in [0.2, 0.25) is 5.91 Å². The van der Waals surface area contributed by atoms with Gasteiger partial charge in [-0.2, -0.15) is 0 Å². The number of hydrogen-bond donors (Lipinski definition) is 2. The molecule has 3 N–H and O–H groups in total. The molecule has 1 saturated heterocycles. The van der Waals surface area contributed by atoms with Crippen LogP contribution in [0.2, 0.25) is 0 Å². The van der Waals surface area contributed by atoms with Gasteiger partial charge < -0.3 is 16.0 Å². The Balaban J connectivity index is 2.12. The molecular formula is C13H17F2N3O. The highest BCUT2D eigenvalue weighted by molar-refractivity contribution is 5.79. The quantitative estimate of drug-likeness (QED) is 0.828. The Morgan fingerprint density at radius 2 is 2.11 bits per heavy atom. The molecule has 1 atom stereocenters. The molecule has 0 spiro atoms. The molecular weight excluding hydrogens is 252 g/mol. The number of piperazine rings is 1. The molecule has 0 radical (unpaired) electrons. The summed E-state index contributed by atoms with van der Waals surface area (Å²) in [6, 6.07) is 3.48. The molecule has 1 amide bonds. The number of nitrogens with one attached hydrogen (secondary N) is 1. The van der Waals surface area contributed by atoms with Crippen molar-refractivity contribution < 1.29 is 13.6 Å². The zero-order valence-corrected chi connectivity index (χ0v) is 10.5. The predicted octanol–water partition coefficient (Wildman–Crippen LogP) is 0.266. The number of halogens is 2. The van der Waals surface area contributed by atoms with Gasteiger partial charge in [0, 0.05) is 31.7 Å². The third-order valence-electron chi connectivity index (χ3n) is 3.33. The minimum Gasteiger partial charge on any atom is -0.336 e. The Hall–Kier alpha value is -1.53. The van der Waals surface area contributed by atoms with E-state index in [1.807, 2.05) is 0 Å². The zero-order chi connectivity index (χ0) is 13.8. The van der Waals surface area contributed by atoms with Crippen LogP contribution in [0.25, 0.3) is 0 Å². The van der Waals surface area contributed by atoms with E-state index in [0.717, 1.165) is 12.1 Å². The van der Waals surface area contributed by atoms with Crippen molar-refractivity contribution in [3.63, 3.8) is 0 Å². The van der Waals surface area contributed by atoms with E-state index >= 15 is 0 Å². The molecule has 1 aliphatic rings. The van der Waals surface area contributed by atoms with Gasteiger partial charge >= 0.3 is 0 Å². The van der Waals surface area contributed by atoms with Crippen LogP contribution in [0.15, 0.2) is 18.2 Å². The lowest BCUT2D eigenvalue weighted by molar-refractivity contribution is -0.133. The summed E-state index contributed by atoms with van der Waals surface area (Å²) in [6.45, 7) is 2.12. The van der Waals surface area contributed by atoms with Gasteiger partial charge in [-0.25, -0.2) is 8.78 Å². The van der Waals surface area contributed by atoms with Crippen LogP contribution in [0.4, 0.5) is 8.78 Å². The molecule has 0 bridgehead atoms. The first-order valence-corrected chi connectivity index (χ1v) is 6.26. The number of rotatable bonds is 3. The number of nitrogens with two attached hydrogens (primary N) is 1. The van der Waals surface area contributed by atoms with Crippen LogP contribution >= 0.6 is 0 Å². The Labute approximate surface area is 110 Å². The van der Waals surface area contributed by atoms with Crippen molar-refractivity contribution in [2.75, 3.05) is 26.2 Å². The number of nitrogens with zero attached hydrogens (tertiary/aromatic N) is 1. The van der Waals surface area contributed by atoms with Crippen molar-refractivity contribution in [1.29, 1.82) is 0 Å². The third-order valence-corrected chi connectivity index (χ3v) is 3.33. The lowest BCUT2D eigenvalue weighted by atomic mass is 10.1. The average molecular weight is 269 g/mol. The summed E-state index contributed by atoms with van der Waals surface area (Å²) < 4.78 is 27.0. The Kier molecular flexibility index (Phi) is 4.44. The van der Waals surface area contributed by atoms with E-state index in [9.17, 15) is 13.6 Å². The number of benzene rings is 1. The standard InChI is InChI=1S/C13H17F2N3O/c14-11-2-1-3-12(15)10(11)6-13(19)18-5-4-17-8-9(18)7-16/h1-3,9,17H,4-8,16H2. The van der Waals surface area contributed by atoms with Crippen LogP contribution in [0.3, 0.4) is 0 Å². The fraction of sp³-hybridized carbons (Fsp3) is 0.462. The molecule has 1 aromatic rings. The molecule has 0 aliphatic carbocycles. The number of hydrogen-bond acceptors (Lipinski definition) is 3. The summed E-state index contributed by atoms with van der Waals surface area (Å²) in [4.78, 5) is 13.8. The summed E-state index contributed by atoms with van der Waals surface area (Å²) >= 11 is 0. The topological polar surface area (TPSA) is 58.4 Å². The van der Waals surface area contributed by atoms with Gasteiger partial charge in [0.15, 0.2) is 0 Å². The van der Waals surface area contributed by atoms with Crippen LogP contribution in [0, 0.1) is 11.6 Å². The minimum atomic E-state index is -0.687. The maximum Gasteiger partial charge on any atom is 0.227 e. The van der Waals surface area contributed by atoms with Crippen LogP contribution in [0.1, 0.15) is 5.56 Å². The maximum absolute atomic E-state index is 13.5. The van der Waals surface area contributed by atoms with Crippen molar-refractivity contribution in [3.05, 3.63) is 35.4 Å². The van der Waals surface area contributed by atoms with Gasteiger partial charge in [-0.3, -0.25) is 4.79 Å². The molecule has 6 heteroatoms. The molecule has 19 heavy (non-hydrogen) atoms. The van der Waals surface area contributed by atoms with E-state index in [4.69, 9.17) is 5.73 Å². The van der Waals surface area contributed by atoms with Crippen molar-refractivity contribution in [2.45, 2.75) is 12.5 Å². The van der Waals surface area contributed by atoms with E-state index in [1.54, 1.807) is 4.90 Å². The summed E-state index contributed by atoms with van der Waals surface area (Å²) in [5, 5.41) is 3.14. The highest BCUT2D eigenvalue weighted by Gasteiger charge is 2.26. The van der Waals surface area contributed by atoms with Crippen LogP contribution in [0.5, 0.6) is 0 Å². The Morgan fingerprint density at radius 1 is 1.42 bits per heavy atom. The van der Waals surface area contributed by atoms with Gasteiger partial charge in [-0.05, 0) is 12.1 Å². The normalized spacial score (nSPS) is 19.5. The van der Waals surface area contributed by atoms with Crippen molar-refractivity contribution in [2.24, 2.45) is 5.73 Å². The van der Waals surface area contributed by atoms with Crippen LogP contribution in [-0.2, 0) is 11.2 Å². The van der Waals surface area contributed by atoms with E-state index in [0.29, 0.717) is 26.2 Å². The lowest BCUT2D eigenvalue weighted by Gasteiger charge is -2.35. The second kappa shape index (κ2) is 6.08. The third kappa shape index (κ3) is 3.08. The fourth-order valence-corrected chi connectivity index (χ4v) is 2.25. The largest absolute Gasteiger partial charge is 0.336 e. The first kappa shape index (κ1) is 13.9. The molecule has 1 aliphatic heterocycles. The summed E-state index contributed by atoms with van der Waals surface area (Å²) in [6.07, 6.45) is -0.269. The monoisotopic (exact) mass is 269 g/mol. The predicted molar refractivity (Wildman–Crippen MR) is 67.5 cm³/mol. The van der Waals surface area contributed by atoms with Gasteiger partial charge in [0.25, 0.3) is 0 Å². The number of carbonyl (C=O) groups is 1. The van der Waals surface area contributed by atoms with Gasteiger partial charge in [-0.15, -0.1) is 0 Å². The highest BCUT2D eigenvalue weighted by Crippen LogP contribution is 2.15. The van der Waals surface area contributed by atoms with Gasteiger partial charge in [-0.1, -0.05) is 6.07 Å². The molecule has 4 nitrogen and oxygen atoms in total. The van der Waals surface area contributed by atoms with E-state index in [-0.39, 0.29) is 23.9 Å². The highest BCUT2D eigenvalue weighted by atomic mass is 19.1. The first-order valence-electron chi connectivity index (χ1n) is 6.26. The van der Waals surface area contributed by atoms with Crippen molar-refractivity contribution in [3.8, 4) is 0 Å². The van der Waals surface area contributed by atoms with Crippen LogP contribution < -0.4 is 11.1 Å². The van der Waals surface area contributed by atoms with E-state index < -0.39 is 11.6 Å². The molecule has 0 saturated carbocycles. The summed E-state index contributed by atoms with van der Waals surface area (Å²) in [5.41, 5.74) is 5.42. The molecule has 0 aromatic heterocycles. The second-order valence-electron chi connectivity index (χ2n) is 4.56. The smallest absolute Gasteiger partial charge is 0.227 e. The molecule has 2 rings (SSSR count). The zero-order valence-electron chi connectivity index (χ0n) is 10.5. The molecule has 1 fully saturated rings. The number of amides is 1. The molecule has 1 unspecified atom stereocenters. The fourth-order valence-electron chi connectivity index (χ4n) is 2.25. The van der Waals surface area contributed by atoms with Crippen molar-refractivity contribution >= 4 is 5.91 Å². The molecule has 1 aromatic carbocycles. The average Bonchev–Trinajstić information content (AvgIpc) is 2.42. The van der Waals surface area contributed by atoms with Gasteiger partial charge in [0.1, 0.15) is 11.6 Å². The summed E-state index contributed by atoms with van der Waals surface area (Å²) in [5.74, 6) is -1.67. The Bertz CT molecular complexity index is 447. The van der Waals surface area contributed by atoms with Crippen molar-refractivity contribution in [1.82, 2.24) is 10.2 Å². The SMILES string of the molecule is NCC1CNCCN1C(=O)Cc1c(F)cccc1F. The molecule has 1 heterocycles. The second-order valence-corrected chi connectivity index (χ2v) is 4.56. The lowest BCUT2D eigenvalue weighted by Crippen LogP contribution is -2.56. The first-order chi connectivity index (χ1) is 9.13. The summed E-state index contributed by atoms with van der Waals surface area (Å²) in [7, 11) is 0. The van der Waals surface area contributed by atoms with Gasteiger partial charge in [0.05, 0.1) is 12.5 Å². The number of carbonyl (C=O) groups excluding carboxylic acids is 1. The molecule has 104 valence electrons. The minimum absolute atomic E-state index is 0.115. The maximum atomic E-state index is 13.5. The Morgan fingerprint density at radius 3 is 2.74 bits per heavy atom.